The molecule has 1 N–H and O–H groups in total. The van der Waals surface area contributed by atoms with Crippen LogP contribution in [0.4, 0.5) is 10.5 Å². The van der Waals surface area contributed by atoms with Gasteiger partial charge in [0, 0.05) is 41.4 Å². The minimum Gasteiger partial charge on any atom is -0.340 e. The fourth-order valence-corrected chi connectivity index (χ4v) is 4.42. The number of nitrogens with one attached hydrogen (secondary N) is 1. The van der Waals surface area contributed by atoms with Gasteiger partial charge in [-0.3, -0.25) is 4.79 Å². The highest BCUT2D eigenvalue weighted by Crippen LogP contribution is 2.50. The Kier molecular flexibility index (Phi) is 5.83. The Morgan fingerprint density at radius 2 is 1.66 bits per heavy atom. The fraction of sp³-hybridized carbons (Fsp3) is 0.364. The number of carbonyl (C=O) groups is 2. The number of urea groups is 1. The summed E-state index contributed by atoms with van der Waals surface area (Å²) < 4.78 is 0.995. The van der Waals surface area contributed by atoms with Crippen molar-refractivity contribution in [2.24, 2.45) is 0 Å². The largest absolute Gasteiger partial charge is 0.340 e. The van der Waals surface area contributed by atoms with Gasteiger partial charge in [-0.2, -0.15) is 0 Å². The van der Waals surface area contributed by atoms with Crippen LogP contribution in [-0.4, -0.2) is 47.9 Å². The average molecular weight is 477 g/mol. The number of hydrogen-bond donors (Lipinski definition) is 1. The van der Waals surface area contributed by atoms with Crippen molar-refractivity contribution in [1.82, 2.24) is 9.80 Å². The maximum atomic E-state index is 13.3. The molecular formula is C22H23BrClN3O2. The van der Waals surface area contributed by atoms with Crippen molar-refractivity contribution in [3.63, 3.8) is 0 Å². The van der Waals surface area contributed by atoms with E-state index < -0.39 is 0 Å². The molecule has 29 heavy (non-hydrogen) atoms. The molecule has 1 saturated heterocycles. The first kappa shape index (κ1) is 20.2. The monoisotopic (exact) mass is 475 g/mol. The zero-order chi connectivity index (χ0) is 20.4. The SMILES string of the molecule is O=C(Nc1ccc(Cl)cc1)N1CCCN(C(=O)C2(c3cccc(Br)c3)CC2)CC1. The van der Waals surface area contributed by atoms with Gasteiger partial charge in [0.1, 0.15) is 0 Å². The summed E-state index contributed by atoms with van der Waals surface area (Å²) in [6, 6.07) is 15.0. The molecule has 1 saturated carbocycles. The Morgan fingerprint density at radius 1 is 0.966 bits per heavy atom. The molecule has 1 aliphatic heterocycles. The molecule has 0 unspecified atom stereocenters. The number of amides is 3. The van der Waals surface area contributed by atoms with Crippen LogP contribution in [0.5, 0.6) is 0 Å². The topological polar surface area (TPSA) is 52.7 Å². The van der Waals surface area contributed by atoms with E-state index in [9.17, 15) is 9.59 Å². The maximum Gasteiger partial charge on any atom is 0.321 e. The van der Waals surface area contributed by atoms with Crippen LogP contribution in [0.2, 0.25) is 5.02 Å². The second kappa shape index (κ2) is 8.36. The van der Waals surface area contributed by atoms with Gasteiger partial charge < -0.3 is 15.1 Å². The van der Waals surface area contributed by atoms with E-state index in [0.29, 0.717) is 36.9 Å². The third kappa shape index (κ3) is 4.43. The third-order valence-corrected chi connectivity index (χ3v) is 6.45. The smallest absolute Gasteiger partial charge is 0.321 e. The highest BCUT2D eigenvalue weighted by molar-refractivity contribution is 9.10. The van der Waals surface area contributed by atoms with Crippen LogP contribution in [0.25, 0.3) is 0 Å². The normalized spacial score (nSPS) is 18.1. The molecule has 5 nitrogen and oxygen atoms in total. The summed E-state index contributed by atoms with van der Waals surface area (Å²) in [5, 5.41) is 3.54. The van der Waals surface area contributed by atoms with Gasteiger partial charge in [0.05, 0.1) is 5.41 Å². The van der Waals surface area contributed by atoms with E-state index in [-0.39, 0.29) is 17.4 Å². The maximum absolute atomic E-state index is 13.3. The van der Waals surface area contributed by atoms with Crippen LogP contribution in [-0.2, 0) is 10.2 Å². The number of hydrogen-bond acceptors (Lipinski definition) is 2. The first-order valence-electron chi connectivity index (χ1n) is 9.85. The molecule has 2 aromatic rings. The second-order valence-electron chi connectivity index (χ2n) is 7.66. The van der Waals surface area contributed by atoms with Gasteiger partial charge in [-0.25, -0.2) is 4.79 Å². The number of benzene rings is 2. The van der Waals surface area contributed by atoms with Crippen molar-refractivity contribution in [1.29, 1.82) is 0 Å². The van der Waals surface area contributed by atoms with Crippen LogP contribution in [0.3, 0.4) is 0 Å². The summed E-state index contributed by atoms with van der Waals surface area (Å²) in [6.45, 7) is 2.40. The van der Waals surface area contributed by atoms with Gasteiger partial charge in [-0.1, -0.05) is 39.7 Å². The molecule has 0 atom stereocenters. The minimum absolute atomic E-state index is 0.144. The van der Waals surface area contributed by atoms with Gasteiger partial charge in [-0.15, -0.1) is 0 Å². The van der Waals surface area contributed by atoms with Crippen molar-refractivity contribution in [3.8, 4) is 0 Å². The van der Waals surface area contributed by atoms with E-state index in [1.807, 2.05) is 23.1 Å². The number of carbonyl (C=O) groups excluding carboxylic acids is 2. The van der Waals surface area contributed by atoms with E-state index in [0.717, 1.165) is 29.3 Å². The third-order valence-electron chi connectivity index (χ3n) is 5.70. The molecule has 1 aliphatic carbocycles. The lowest BCUT2D eigenvalue weighted by atomic mass is 9.94. The molecule has 4 rings (SSSR count). The molecule has 1 heterocycles. The van der Waals surface area contributed by atoms with Crippen LogP contribution in [0.15, 0.2) is 53.0 Å². The summed E-state index contributed by atoms with van der Waals surface area (Å²) in [6.07, 6.45) is 2.55. The lowest BCUT2D eigenvalue weighted by molar-refractivity contribution is -0.133. The Labute approximate surface area is 184 Å². The van der Waals surface area contributed by atoms with Gasteiger partial charge in [0.2, 0.25) is 5.91 Å². The van der Waals surface area contributed by atoms with E-state index in [1.54, 1.807) is 29.2 Å². The molecule has 0 bridgehead atoms. The first-order chi connectivity index (χ1) is 14.0. The zero-order valence-electron chi connectivity index (χ0n) is 16.0. The van der Waals surface area contributed by atoms with E-state index in [1.165, 1.54) is 0 Å². The van der Waals surface area contributed by atoms with E-state index in [2.05, 4.69) is 27.3 Å². The predicted molar refractivity (Wildman–Crippen MR) is 118 cm³/mol. The average Bonchev–Trinajstić information content (AvgIpc) is 3.54. The summed E-state index contributed by atoms with van der Waals surface area (Å²) >= 11 is 9.41. The van der Waals surface area contributed by atoms with Crippen molar-refractivity contribution in [2.75, 3.05) is 31.5 Å². The minimum atomic E-state index is -0.384. The molecule has 2 aromatic carbocycles. The van der Waals surface area contributed by atoms with Crippen LogP contribution < -0.4 is 5.32 Å². The first-order valence-corrected chi connectivity index (χ1v) is 11.0. The van der Waals surface area contributed by atoms with Gasteiger partial charge >= 0.3 is 6.03 Å². The predicted octanol–water partition coefficient (Wildman–Crippen LogP) is 4.90. The summed E-state index contributed by atoms with van der Waals surface area (Å²) in [4.78, 5) is 29.7. The Hall–Kier alpha value is -2.05. The number of nitrogens with zero attached hydrogens (tertiary/aromatic N) is 2. The molecule has 7 heteroatoms. The molecule has 0 radical (unpaired) electrons. The van der Waals surface area contributed by atoms with Gasteiger partial charge in [0.15, 0.2) is 0 Å². The molecule has 0 aromatic heterocycles. The van der Waals surface area contributed by atoms with Crippen LogP contribution in [0, 0.1) is 0 Å². The van der Waals surface area contributed by atoms with Gasteiger partial charge in [-0.05, 0) is 61.2 Å². The molecule has 3 amide bonds. The Balaban J connectivity index is 1.39. The molecule has 0 spiro atoms. The summed E-state index contributed by atoms with van der Waals surface area (Å²) in [5.74, 6) is 0.190. The molecular weight excluding hydrogens is 454 g/mol. The van der Waals surface area contributed by atoms with Crippen molar-refractivity contribution in [2.45, 2.75) is 24.7 Å². The molecule has 152 valence electrons. The highest BCUT2D eigenvalue weighted by Gasteiger charge is 2.53. The van der Waals surface area contributed by atoms with Crippen LogP contribution >= 0.6 is 27.5 Å². The lowest BCUT2D eigenvalue weighted by Gasteiger charge is -2.27. The quantitative estimate of drug-likeness (QED) is 0.685. The lowest BCUT2D eigenvalue weighted by Crippen LogP contribution is -2.42. The number of rotatable bonds is 3. The number of anilines is 1. The van der Waals surface area contributed by atoms with Crippen molar-refractivity contribution < 1.29 is 9.59 Å². The van der Waals surface area contributed by atoms with Crippen molar-refractivity contribution >= 4 is 45.2 Å². The van der Waals surface area contributed by atoms with Crippen LogP contribution in [0.1, 0.15) is 24.8 Å². The zero-order valence-corrected chi connectivity index (χ0v) is 18.4. The standard InChI is InChI=1S/C22H23BrClN3O2/c23-17-4-1-3-16(15-17)22(9-10-22)20(28)26-11-2-12-27(14-13-26)21(29)25-19-7-5-18(24)6-8-19/h1,3-8,15H,2,9-14H2,(H,25,29). The Bertz CT molecular complexity index is 915. The second-order valence-corrected chi connectivity index (χ2v) is 9.01. The molecule has 2 fully saturated rings. The molecule has 2 aliphatic rings. The summed E-state index contributed by atoms with van der Waals surface area (Å²) in [5.41, 5.74) is 1.41. The Morgan fingerprint density at radius 3 is 2.34 bits per heavy atom. The fourth-order valence-electron chi connectivity index (χ4n) is 3.90. The van der Waals surface area contributed by atoms with E-state index in [4.69, 9.17) is 11.6 Å². The van der Waals surface area contributed by atoms with Gasteiger partial charge in [0.25, 0.3) is 0 Å². The number of halogens is 2. The summed E-state index contributed by atoms with van der Waals surface area (Å²) in [7, 11) is 0. The van der Waals surface area contributed by atoms with Crippen molar-refractivity contribution in [3.05, 3.63) is 63.6 Å². The van der Waals surface area contributed by atoms with E-state index >= 15 is 0 Å². The highest BCUT2D eigenvalue weighted by atomic mass is 79.9.